The molecule has 41 heavy (non-hydrogen) atoms. The summed E-state index contributed by atoms with van der Waals surface area (Å²) in [6.45, 7) is 2.01. The van der Waals surface area contributed by atoms with Gasteiger partial charge in [-0.25, -0.2) is 4.79 Å². The molecule has 4 rings (SSSR count). The second kappa shape index (κ2) is 17.2. The number of para-hydroxylation sites is 1. The lowest BCUT2D eigenvalue weighted by Gasteiger charge is -2.30. The van der Waals surface area contributed by atoms with E-state index in [1.165, 1.54) is 19.3 Å². The van der Waals surface area contributed by atoms with Gasteiger partial charge in [0.1, 0.15) is 5.75 Å². The van der Waals surface area contributed by atoms with Crippen molar-refractivity contribution in [1.29, 1.82) is 0 Å². The molecule has 0 radical (unpaired) electrons. The summed E-state index contributed by atoms with van der Waals surface area (Å²) >= 11 is 0. The third kappa shape index (κ3) is 10.5. The molecular formula is C33H44O8. The lowest BCUT2D eigenvalue weighted by atomic mass is 9.89. The summed E-state index contributed by atoms with van der Waals surface area (Å²) in [5, 5.41) is 0. The number of benzene rings is 1. The first-order chi connectivity index (χ1) is 20.1. The van der Waals surface area contributed by atoms with Crippen LogP contribution in [0.2, 0.25) is 0 Å². The van der Waals surface area contributed by atoms with Crippen molar-refractivity contribution < 1.29 is 38.0 Å². The summed E-state index contributed by atoms with van der Waals surface area (Å²) in [5.74, 6) is 0.169. The largest absolute Gasteiger partial charge is 0.493 e. The smallest absolute Gasteiger partial charge is 0.330 e. The number of allylic oxidation sites excluding steroid dienone is 3. The molecule has 1 saturated carbocycles. The quantitative estimate of drug-likeness (QED) is 0.122. The molecule has 0 bridgehead atoms. The molecule has 6 atom stereocenters. The SMILES string of the molecule is COC(=O)C=CC(=O)C=CC[C@@H]1[C@@H](C=CCCOc2ccccc2)[C@H](OC2CCCCO2)C[C@@H]1OC1CCCCO1. The summed E-state index contributed by atoms with van der Waals surface area (Å²) in [7, 11) is 1.28. The first-order valence-electron chi connectivity index (χ1n) is 15.0. The number of carbonyl (C=O) groups excluding carboxylic acids is 2. The number of hydrogen-bond donors (Lipinski definition) is 0. The molecule has 0 spiro atoms. The number of rotatable bonds is 14. The van der Waals surface area contributed by atoms with E-state index in [0.29, 0.717) is 19.6 Å². The molecule has 0 N–H and O–H groups in total. The van der Waals surface area contributed by atoms with Crippen molar-refractivity contribution in [3.8, 4) is 5.75 Å². The highest BCUT2D eigenvalue weighted by molar-refractivity contribution is 6.02. The zero-order valence-corrected chi connectivity index (χ0v) is 24.1. The Labute approximate surface area is 243 Å². The van der Waals surface area contributed by atoms with Crippen LogP contribution in [0.3, 0.4) is 0 Å². The van der Waals surface area contributed by atoms with E-state index in [1.54, 1.807) is 0 Å². The van der Waals surface area contributed by atoms with Crippen LogP contribution in [-0.2, 0) is 33.3 Å². The summed E-state index contributed by atoms with van der Waals surface area (Å²) in [6, 6.07) is 9.80. The molecule has 8 nitrogen and oxygen atoms in total. The van der Waals surface area contributed by atoms with E-state index in [0.717, 1.165) is 69.8 Å². The minimum absolute atomic E-state index is 0.0659. The molecule has 3 aliphatic rings. The number of methoxy groups -OCH3 is 1. The predicted molar refractivity (Wildman–Crippen MR) is 154 cm³/mol. The summed E-state index contributed by atoms with van der Waals surface area (Å²) in [4.78, 5) is 23.7. The van der Waals surface area contributed by atoms with Crippen LogP contribution in [0.1, 0.15) is 57.8 Å². The molecule has 2 aliphatic heterocycles. The third-order valence-corrected chi connectivity index (χ3v) is 7.72. The van der Waals surface area contributed by atoms with E-state index in [1.807, 2.05) is 36.4 Å². The molecule has 3 fully saturated rings. The number of esters is 1. The van der Waals surface area contributed by atoms with Gasteiger partial charge in [0.2, 0.25) is 0 Å². The maximum Gasteiger partial charge on any atom is 0.330 e. The Hall–Kier alpha value is -2.78. The van der Waals surface area contributed by atoms with E-state index in [4.69, 9.17) is 23.7 Å². The third-order valence-electron chi connectivity index (χ3n) is 7.72. The van der Waals surface area contributed by atoms with Gasteiger partial charge >= 0.3 is 5.97 Å². The van der Waals surface area contributed by atoms with Gasteiger partial charge in [0, 0.05) is 31.6 Å². The topological polar surface area (TPSA) is 89.5 Å². The summed E-state index contributed by atoms with van der Waals surface area (Å²) in [6.07, 6.45) is 17.7. The van der Waals surface area contributed by atoms with Gasteiger partial charge < -0.3 is 28.4 Å². The van der Waals surface area contributed by atoms with Crippen LogP contribution in [0, 0.1) is 11.8 Å². The highest BCUT2D eigenvalue weighted by atomic mass is 16.7. The van der Waals surface area contributed by atoms with Crippen molar-refractivity contribution >= 4 is 11.8 Å². The van der Waals surface area contributed by atoms with Crippen LogP contribution in [0.4, 0.5) is 0 Å². The van der Waals surface area contributed by atoms with Gasteiger partial charge in [-0.2, -0.15) is 0 Å². The van der Waals surface area contributed by atoms with Crippen molar-refractivity contribution in [2.45, 2.75) is 82.6 Å². The van der Waals surface area contributed by atoms with Crippen molar-refractivity contribution in [3.05, 3.63) is 66.8 Å². The lowest BCUT2D eigenvalue weighted by Crippen LogP contribution is -2.31. The van der Waals surface area contributed by atoms with Gasteiger partial charge in [0.25, 0.3) is 0 Å². The van der Waals surface area contributed by atoms with E-state index < -0.39 is 5.97 Å². The highest BCUT2D eigenvalue weighted by Crippen LogP contribution is 2.42. The Bertz CT molecular complexity index is 1010. The van der Waals surface area contributed by atoms with E-state index in [-0.39, 0.29) is 42.4 Å². The average molecular weight is 569 g/mol. The maximum atomic E-state index is 12.3. The van der Waals surface area contributed by atoms with Crippen molar-refractivity contribution in [2.24, 2.45) is 11.8 Å². The van der Waals surface area contributed by atoms with Gasteiger partial charge in [-0.15, -0.1) is 0 Å². The fourth-order valence-corrected chi connectivity index (χ4v) is 5.62. The Morgan fingerprint density at radius 2 is 1.59 bits per heavy atom. The van der Waals surface area contributed by atoms with Crippen LogP contribution in [-0.4, -0.2) is 63.5 Å². The molecule has 1 aromatic carbocycles. The van der Waals surface area contributed by atoms with Crippen LogP contribution in [0.15, 0.2) is 66.8 Å². The van der Waals surface area contributed by atoms with Crippen molar-refractivity contribution in [1.82, 2.24) is 0 Å². The second-order valence-electron chi connectivity index (χ2n) is 10.7. The summed E-state index contributed by atoms with van der Waals surface area (Å²) in [5.41, 5.74) is 0. The minimum atomic E-state index is -0.560. The monoisotopic (exact) mass is 568 g/mol. The van der Waals surface area contributed by atoms with E-state index in [2.05, 4.69) is 16.9 Å². The fourth-order valence-electron chi connectivity index (χ4n) is 5.62. The van der Waals surface area contributed by atoms with Gasteiger partial charge in [0.15, 0.2) is 18.4 Å². The van der Waals surface area contributed by atoms with Gasteiger partial charge in [0.05, 0.1) is 25.9 Å². The number of hydrogen-bond acceptors (Lipinski definition) is 8. The number of carbonyl (C=O) groups is 2. The standard InChI is InChI=1S/C33H44O8/c1-36-31(35)20-19-25(34)12-11-16-28-27(15-5-8-21-37-26-13-3-2-4-14-26)29(40-32-17-6-9-22-38-32)24-30(28)41-33-18-7-10-23-39-33/h2-5,11-15,19-20,27-30,32-33H,6-10,16-18,21-24H2,1H3/t27-,28-,29-,30+,32?,33?/m1/s1. The van der Waals surface area contributed by atoms with Crippen molar-refractivity contribution in [3.63, 3.8) is 0 Å². The zero-order valence-electron chi connectivity index (χ0n) is 24.1. The molecule has 224 valence electrons. The Morgan fingerprint density at radius 1 is 0.878 bits per heavy atom. The highest BCUT2D eigenvalue weighted by Gasteiger charge is 2.45. The minimum Gasteiger partial charge on any atom is -0.493 e. The Morgan fingerprint density at radius 3 is 2.24 bits per heavy atom. The average Bonchev–Trinajstić information content (AvgIpc) is 3.32. The molecule has 2 unspecified atom stereocenters. The molecule has 1 aromatic rings. The normalized spacial score (nSPS) is 28.9. The van der Waals surface area contributed by atoms with Crippen LogP contribution < -0.4 is 4.74 Å². The van der Waals surface area contributed by atoms with Gasteiger partial charge in [-0.05, 0) is 81.6 Å². The van der Waals surface area contributed by atoms with Crippen LogP contribution in [0.5, 0.6) is 5.75 Å². The number of ketones is 1. The fraction of sp³-hybridized carbons (Fsp3) is 0.576. The summed E-state index contributed by atoms with van der Waals surface area (Å²) < 4.78 is 35.4. The molecule has 8 heteroatoms. The van der Waals surface area contributed by atoms with E-state index in [9.17, 15) is 9.59 Å². The number of ether oxygens (including phenoxy) is 6. The van der Waals surface area contributed by atoms with E-state index >= 15 is 0 Å². The molecule has 0 amide bonds. The van der Waals surface area contributed by atoms with Crippen molar-refractivity contribution in [2.75, 3.05) is 26.9 Å². The van der Waals surface area contributed by atoms with Gasteiger partial charge in [-0.1, -0.05) is 36.4 Å². The zero-order chi connectivity index (χ0) is 28.7. The van der Waals surface area contributed by atoms with Crippen LogP contribution >= 0.6 is 0 Å². The first-order valence-corrected chi connectivity index (χ1v) is 15.0. The maximum absolute atomic E-state index is 12.3. The lowest BCUT2D eigenvalue weighted by molar-refractivity contribution is -0.203. The predicted octanol–water partition coefficient (Wildman–Crippen LogP) is 5.72. The van der Waals surface area contributed by atoms with Crippen LogP contribution in [0.25, 0.3) is 0 Å². The van der Waals surface area contributed by atoms with Gasteiger partial charge in [-0.3, -0.25) is 4.79 Å². The molecular weight excluding hydrogens is 524 g/mol. The molecule has 2 saturated heterocycles. The molecule has 0 aromatic heterocycles. The molecule has 1 aliphatic carbocycles. The molecule has 2 heterocycles. The Balaban J connectivity index is 1.46. The second-order valence-corrected chi connectivity index (χ2v) is 10.7. The Kier molecular flexibility index (Phi) is 13.1. The first kappa shape index (κ1) is 31.2.